The predicted molar refractivity (Wildman–Crippen MR) is 90.3 cm³/mol. The standard InChI is InChI=1S/C19H24N2O4/c1-2-23-17(22)18(8-10-20)15-21(14-16-6-4-3-5-7-16)11-9-19(18)24-12-13-25-19/h3-7H,2,8-9,11-15H2,1H3. The van der Waals surface area contributed by atoms with Crippen molar-refractivity contribution in [1.82, 2.24) is 4.90 Å². The van der Waals surface area contributed by atoms with Crippen molar-refractivity contribution in [3.05, 3.63) is 35.9 Å². The first-order valence-corrected chi connectivity index (χ1v) is 8.74. The third-order valence-electron chi connectivity index (χ3n) is 5.03. The summed E-state index contributed by atoms with van der Waals surface area (Å²) < 4.78 is 17.2. The quantitative estimate of drug-likeness (QED) is 0.762. The van der Waals surface area contributed by atoms with E-state index >= 15 is 0 Å². The Hall–Kier alpha value is -1.94. The average molecular weight is 344 g/mol. The zero-order chi connectivity index (χ0) is 17.8. The molecule has 0 amide bonds. The minimum Gasteiger partial charge on any atom is -0.465 e. The van der Waals surface area contributed by atoms with Gasteiger partial charge < -0.3 is 14.2 Å². The Bertz CT molecular complexity index is 637. The SMILES string of the molecule is CCOC(=O)C1(CC#N)CN(Cc2ccccc2)CCC12OCCO2. The van der Waals surface area contributed by atoms with Crippen LogP contribution in [-0.2, 0) is 25.5 Å². The molecule has 0 aromatic heterocycles. The van der Waals surface area contributed by atoms with Crippen molar-refractivity contribution in [2.75, 3.05) is 32.9 Å². The third kappa shape index (κ3) is 3.28. The second-order valence-corrected chi connectivity index (χ2v) is 6.53. The highest BCUT2D eigenvalue weighted by atomic mass is 16.7. The third-order valence-corrected chi connectivity index (χ3v) is 5.03. The van der Waals surface area contributed by atoms with Gasteiger partial charge in [-0.3, -0.25) is 9.69 Å². The van der Waals surface area contributed by atoms with Gasteiger partial charge in [-0.25, -0.2) is 0 Å². The number of esters is 1. The first-order chi connectivity index (χ1) is 12.2. The number of carbonyl (C=O) groups is 1. The number of benzene rings is 1. The minimum atomic E-state index is -1.12. The molecule has 6 nitrogen and oxygen atoms in total. The Labute approximate surface area is 148 Å². The lowest BCUT2D eigenvalue weighted by atomic mass is 9.71. The number of carbonyl (C=O) groups excluding carboxylic acids is 1. The van der Waals surface area contributed by atoms with E-state index in [1.54, 1.807) is 6.92 Å². The molecule has 1 atom stereocenters. The Balaban J connectivity index is 1.89. The van der Waals surface area contributed by atoms with E-state index in [0.717, 1.165) is 6.54 Å². The Morgan fingerprint density at radius 1 is 1.32 bits per heavy atom. The van der Waals surface area contributed by atoms with Gasteiger partial charge in [0.2, 0.25) is 0 Å². The lowest BCUT2D eigenvalue weighted by molar-refractivity contribution is -0.266. The molecule has 2 heterocycles. The highest BCUT2D eigenvalue weighted by Crippen LogP contribution is 2.48. The van der Waals surface area contributed by atoms with Crippen LogP contribution in [0.25, 0.3) is 0 Å². The van der Waals surface area contributed by atoms with E-state index in [1.165, 1.54) is 5.56 Å². The van der Waals surface area contributed by atoms with E-state index in [2.05, 4.69) is 23.1 Å². The summed E-state index contributed by atoms with van der Waals surface area (Å²) in [6, 6.07) is 12.3. The molecule has 1 aromatic carbocycles. The fourth-order valence-corrected chi connectivity index (χ4v) is 3.86. The van der Waals surface area contributed by atoms with Crippen molar-refractivity contribution in [3.8, 4) is 6.07 Å². The molecule has 25 heavy (non-hydrogen) atoms. The molecule has 0 radical (unpaired) electrons. The van der Waals surface area contributed by atoms with Crippen molar-refractivity contribution in [1.29, 1.82) is 5.26 Å². The fourth-order valence-electron chi connectivity index (χ4n) is 3.86. The predicted octanol–water partition coefficient (Wildman–Crippen LogP) is 2.10. The Morgan fingerprint density at radius 3 is 2.68 bits per heavy atom. The lowest BCUT2D eigenvalue weighted by Gasteiger charge is -2.50. The summed E-state index contributed by atoms with van der Waals surface area (Å²) in [5.41, 5.74) is 0.0443. The second-order valence-electron chi connectivity index (χ2n) is 6.53. The molecular formula is C19H24N2O4. The largest absolute Gasteiger partial charge is 0.465 e. The van der Waals surface area contributed by atoms with Crippen molar-refractivity contribution >= 4 is 5.97 Å². The molecule has 134 valence electrons. The lowest BCUT2D eigenvalue weighted by Crippen LogP contribution is -2.64. The van der Waals surface area contributed by atoms with Gasteiger partial charge in [-0.05, 0) is 12.5 Å². The minimum absolute atomic E-state index is 0.0110. The van der Waals surface area contributed by atoms with Gasteiger partial charge in [-0.15, -0.1) is 0 Å². The van der Waals surface area contributed by atoms with Gasteiger partial charge in [0.05, 0.1) is 32.3 Å². The molecule has 1 unspecified atom stereocenters. The molecule has 0 N–H and O–H groups in total. The summed E-state index contributed by atoms with van der Waals surface area (Å²) in [4.78, 5) is 15.1. The molecule has 1 aromatic rings. The van der Waals surface area contributed by atoms with Crippen LogP contribution < -0.4 is 0 Å². The number of nitrogens with zero attached hydrogens (tertiary/aromatic N) is 2. The summed E-state index contributed by atoms with van der Waals surface area (Å²) in [6.45, 7) is 4.74. The number of piperidine rings is 1. The van der Waals surface area contributed by atoms with Gasteiger partial charge in [-0.2, -0.15) is 5.26 Å². The molecule has 1 spiro atoms. The van der Waals surface area contributed by atoms with E-state index in [-0.39, 0.29) is 13.0 Å². The van der Waals surface area contributed by atoms with Gasteiger partial charge in [0.1, 0.15) is 5.41 Å². The number of ether oxygens (including phenoxy) is 3. The summed E-state index contributed by atoms with van der Waals surface area (Å²) in [6.07, 6.45) is 0.553. The van der Waals surface area contributed by atoms with E-state index in [9.17, 15) is 10.1 Å². The normalized spacial score (nSPS) is 25.6. The molecule has 6 heteroatoms. The summed E-state index contributed by atoms with van der Waals surface area (Å²) in [7, 11) is 0. The van der Waals surface area contributed by atoms with Crippen LogP contribution in [0.4, 0.5) is 0 Å². The number of nitriles is 1. The Kier molecular flexibility index (Phi) is 5.38. The molecular weight excluding hydrogens is 320 g/mol. The van der Waals surface area contributed by atoms with Crippen LogP contribution in [0.5, 0.6) is 0 Å². The number of hydrogen-bond acceptors (Lipinski definition) is 6. The molecule has 0 aliphatic carbocycles. The van der Waals surface area contributed by atoms with Crippen LogP contribution in [0.15, 0.2) is 30.3 Å². The summed E-state index contributed by atoms with van der Waals surface area (Å²) in [5.74, 6) is -1.46. The van der Waals surface area contributed by atoms with Crippen molar-refractivity contribution in [2.24, 2.45) is 5.41 Å². The fraction of sp³-hybridized carbons (Fsp3) is 0.579. The molecule has 3 rings (SSSR count). The van der Waals surface area contributed by atoms with Crippen LogP contribution in [0.2, 0.25) is 0 Å². The maximum atomic E-state index is 12.9. The van der Waals surface area contributed by atoms with Gasteiger partial charge in [0.25, 0.3) is 0 Å². The molecule has 0 saturated carbocycles. The number of likely N-dealkylation sites (tertiary alicyclic amines) is 1. The molecule has 2 aliphatic heterocycles. The summed E-state index contributed by atoms with van der Waals surface area (Å²) in [5, 5.41) is 9.43. The highest BCUT2D eigenvalue weighted by molar-refractivity contribution is 5.79. The van der Waals surface area contributed by atoms with Crippen LogP contribution in [0.1, 0.15) is 25.3 Å². The highest BCUT2D eigenvalue weighted by Gasteiger charge is 2.64. The van der Waals surface area contributed by atoms with Gasteiger partial charge in [-0.1, -0.05) is 30.3 Å². The first kappa shape index (κ1) is 17.9. The van der Waals surface area contributed by atoms with Crippen LogP contribution in [0.3, 0.4) is 0 Å². The van der Waals surface area contributed by atoms with E-state index in [0.29, 0.717) is 32.7 Å². The molecule has 2 fully saturated rings. The monoisotopic (exact) mass is 344 g/mol. The zero-order valence-corrected chi connectivity index (χ0v) is 14.6. The van der Waals surface area contributed by atoms with Gasteiger partial charge in [0, 0.05) is 26.1 Å². The van der Waals surface area contributed by atoms with Crippen molar-refractivity contribution in [3.63, 3.8) is 0 Å². The first-order valence-electron chi connectivity index (χ1n) is 8.74. The molecule has 2 aliphatic rings. The van der Waals surface area contributed by atoms with Gasteiger partial charge >= 0.3 is 5.97 Å². The van der Waals surface area contributed by atoms with Crippen LogP contribution >= 0.6 is 0 Å². The van der Waals surface area contributed by atoms with Crippen molar-refractivity contribution < 1.29 is 19.0 Å². The van der Waals surface area contributed by atoms with Gasteiger partial charge in [0.15, 0.2) is 5.79 Å². The Morgan fingerprint density at radius 2 is 2.04 bits per heavy atom. The number of rotatable bonds is 5. The average Bonchev–Trinajstić information content (AvgIpc) is 3.09. The zero-order valence-electron chi connectivity index (χ0n) is 14.6. The number of hydrogen-bond donors (Lipinski definition) is 0. The second kappa shape index (κ2) is 7.52. The summed E-state index contributed by atoms with van der Waals surface area (Å²) >= 11 is 0. The smallest absolute Gasteiger partial charge is 0.319 e. The van der Waals surface area contributed by atoms with E-state index < -0.39 is 17.2 Å². The van der Waals surface area contributed by atoms with Crippen molar-refractivity contribution in [2.45, 2.75) is 32.1 Å². The topological polar surface area (TPSA) is 71.8 Å². The maximum Gasteiger partial charge on any atom is 0.319 e. The van der Waals surface area contributed by atoms with Crippen LogP contribution in [-0.4, -0.2) is 49.6 Å². The van der Waals surface area contributed by atoms with Crippen LogP contribution in [0, 0.1) is 16.7 Å². The van der Waals surface area contributed by atoms with E-state index in [1.807, 2.05) is 18.2 Å². The maximum absolute atomic E-state index is 12.9. The molecule has 2 saturated heterocycles. The molecule has 0 bridgehead atoms. The van der Waals surface area contributed by atoms with E-state index in [4.69, 9.17) is 14.2 Å².